The summed E-state index contributed by atoms with van der Waals surface area (Å²) in [5, 5.41) is 5.76. The van der Waals surface area contributed by atoms with Gasteiger partial charge in [0.05, 0.1) is 16.3 Å². The van der Waals surface area contributed by atoms with E-state index in [1.807, 2.05) is 12.1 Å². The van der Waals surface area contributed by atoms with Crippen LogP contribution < -0.4 is 15.5 Å². The number of carbonyl (C=O) groups is 3. The third-order valence-corrected chi connectivity index (χ3v) is 6.60. The van der Waals surface area contributed by atoms with Gasteiger partial charge in [-0.15, -0.1) is 6.58 Å². The van der Waals surface area contributed by atoms with Crippen LogP contribution in [0.3, 0.4) is 0 Å². The van der Waals surface area contributed by atoms with Crippen LogP contribution in [0.15, 0.2) is 85.5 Å². The average molecular weight is 550 g/mol. The SMILES string of the molecule is C=CCN(CC(=O)Nc1ccc(N2CCN(C(=O)Nc3ccccc3F)CC2)cc1)C(=O)c1ccccc1Cl. The van der Waals surface area contributed by atoms with Crippen molar-refractivity contribution in [1.82, 2.24) is 9.80 Å². The van der Waals surface area contributed by atoms with Crippen LogP contribution in [0.5, 0.6) is 0 Å². The number of piperazine rings is 1. The summed E-state index contributed by atoms with van der Waals surface area (Å²) in [6.07, 6.45) is 1.56. The van der Waals surface area contributed by atoms with Crippen molar-refractivity contribution in [1.29, 1.82) is 0 Å². The zero-order valence-corrected chi connectivity index (χ0v) is 22.0. The van der Waals surface area contributed by atoms with E-state index in [0.717, 1.165) is 5.69 Å². The van der Waals surface area contributed by atoms with Crippen molar-refractivity contribution in [3.05, 3.63) is 102 Å². The molecule has 1 fully saturated rings. The predicted molar refractivity (Wildman–Crippen MR) is 152 cm³/mol. The van der Waals surface area contributed by atoms with Crippen LogP contribution in [0.2, 0.25) is 5.02 Å². The van der Waals surface area contributed by atoms with Crippen molar-refractivity contribution in [2.24, 2.45) is 0 Å². The molecule has 2 N–H and O–H groups in total. The predicted octanol–water partition coefficient (Wildman–Crippen LogP) is 5.10. The molecule has 0 saturated carbocycles. The Morgan fingerprint density at radius 3 is 2.26 bits per heavy atom. The Bertz CT molecular complexity index is 1340. The number of benzene rings is 3. The van der Waals surface area contributed by atoms with E-state index in [2.05, 4.69) is 22.1 Å². The van der Waals surface area contributed by atoms with E-state index in [1.165, 1.54) is 17.0 Å². The van der Waals surface area contributed by atoms with Gasteiger partial charge in [0.1, 0.15) is 12.4 Å². The molecule has 3 aromatic rings. The molecule has 3 aromatic carbocycles. The zero-order chi connectivity index (χ0) is 27.8. The molecule has 0 unspecified atom stereocenters. The van der Waals surface area contributed by atoms with Gasteiger partial charge in [-0.05, 0) is 48.5 Å². The Hall–Kier alpha value is -4.37. The molecule has 0 atom stereocenters. The van der Waals surface area contributed by atoms with E-state index in [1.54, 1.807) is 59.5 Å². The lowest BCUT2D eigenvalue weighted by Gasteiger charge is -2.36. The summed E-state index contributed by atoms with van der Waals surface area (Å²) in [5.74, 6) is -1.18. The fraction of sp³-hybridized carbons (Fsp3) is 0.207. The van der Waals surface area contributed by atoms with Crippen molar-refractivity contribution < 1.29 is 18.8 Å². The monoisotopic (exact) mass is 549 g/mol. The quantitative estimate of drug-likeness (QED) is 0.383. The molecule has 0 aliphatic carbocycles. The number of para-hydroxylation sites is 1. The maximum absolute atomic E-state index is 13.8. The number of hydrogen-bond acceptors (Lipinski definition) is 4. The molecule has 1 aliphatic heterocycles. The van der Waals surface area contributed by atoms with Crippen molar-refractivity contribution in [3.63, 3.8) is 0 Å². The minimum Gasteiger partial charge on any atom is -0.368 e. The van der Waals surface area contributed by atoms with Crippen LogP contribution in [0, 0.1) is 5.82 Å². The molecule has 4 amide bonds. The first kappa shape index (κ1) is 27.7. The lowest BCUT2D eigenvalue weighted by atomic mass is 10.2. The molecule has 202 valence electrons. The highest BCUT2D eigenvalue weighted by Gasteiger charge is 2.23. The van der Waals surface area contributed by atoms with Crippen LogP contribution in [0.4, 0.5) is 26.2 Å². The Balaban J connectivity index is 1.29. The Morgan fingerprint density at radius 2 is 1.59 bits per heavy atom. The topological polar surface area (TPSA) is 85.0 Å². The zero-order valence-electron chi connectivity index (χ0n) is 21.3. The second kappa shape index (κ2) is 12.9. The van der Waals surface area contributed by atoms with E-state index in [4.69, 9.17) is 11.6 Å². The number of hydrogen-bond donors (Lipinski definition) is 2. The number of amides is 4. The van der Waals surface area contributed by atoms with Gasteiger partial charge in [-0.2, -0.15) is 0 Å². The van der Waals surface area contributed by atoms with Crippen LogP contribution in [-0.4, -0.2) is 66.9 Å². The van der Waals surface area contributed by atoms with Crippen molar-refractivity contribution >= 4 is 46.5 Å². The molecule has 8 nitrogen and oxygen atoms in total. The van der Waals surface area contributed by atoms with Gasteiger partial charge in [-0.25, -0.2) is 9.18 Å². The van der Waals surface area contributed by atoms with Crippen molar-refractivity contribution in [3.8, 4) is 0 Å². The number of nitrogens with one attached hydrogen (secondary N) is 2. The third kappa shape index (κ3) is 7.14. The molecule has 0 aromatic heterocycles. The van der Waals surface area contributed by atoms with Gasteiger partial charge >= 0.3 is 6.03 Å². The lowest BCUT2D eigenvalue weighted by molar-refractivity contribution is -0.116. The Labute approximate surface area is 231 Å². The minimum atomic E-state index is -0.475. The smallest absolute Gasteiger partial charge is 0.322 e. The number of halogens is 2. The van der Waals surface area contributed by atoms with Gasteiger partial charge in [0, 0.05) is 44.1 Å². The molecule has 0 bridgehead atoms. The molecule has 1 heterocycles. The first-order valence-electron chi connectivity index (χ1n) is 12.5. The summed E-state index contributed by atoms with van der Waals surface area (Å²) < 4.78 is 13.8. The summed E-state index contributed by atoms with van der Waals surface area (Å²) in [5.41, 5.74) is 2.02. The van der Waals surface area contributed by atoms with E-state index >= 15 is 0 Å². The number of nitrogens with zero attached hydrogens (tertiary/aromatic N) is 3. The van der Waals surface area contributed by atoms with Gasteiger partial charge < -0.3 is 25.3 Å². The number of anilines is 3. The first-order chi connectivity index (χ1) is 18.9. The highest BCUT2D eigenvalue weighted by atomic mass is 35.5. The van der Waals surface area contributed by atoms with E-state index in [9.17, 15) is 18.8 Å². The van der Waals surface area contributed by atoms with Crippen molar-refractivity contribution in [2.45, 2.75) is 0 Å². The second-order valence-electron chi connectivity index (χ2n) is 8.93. The molecule has 1 saturated heterocycles. The van der Waals surface area contributed by atoms with Gasteiger partial charge in [0.15, 0.2) is 0 Å². The van der Waals surface area contributed by atoms with E-state index < -0.39 is 5.82 Å². The van der Waals surface area contributed by atoms with Crippen LogP contribution >= 0.6 is 11.6 Å². The van der Waals surface area contributed by atoms with Gasteiger partial charge in [-0.3, -0.25) is 9.59 Å². The summed E-state index contributed by atoms with van der Waals surface area (Å²) in [4.78, 5) is 43.3. The summed E-state index contributed by atoms with van der Waals surface area (Å²) in [6.45, 7) is 5.90. The van der Waals surface area contributed by atoms with Gasteiger partial charge in [0.2, 0.25) is 5.91 Å². The first-order valence-corrected chi connectivity index (χ1v) is 12.8. The highest BCUT2D eigenvalue weighted by molar-refractivity contribution is 6.33. The standard InChI is InChI=1S/C29H29ClFN5O3/c1-2-15-36(28(38)23-7-3-4-8-24(23)30)20-27(37)32-21-11-13-22(14-12-21)34-16-18-35(19-17-34)29(39)33-26-10-6-5-9-25(26)31/h2-14H,1,15-20H2,(H,32,37)(H,33,39). The maximum Gasteiger partial charge on any atom is 0.322 e. The Kier molecular flexibility index (Phi) is 9.17. The number of rotatable bonds is 8. The molecular weight excluding hydrogens is 521 g/mol. The molecule has 10 heteroatoms. The fourth-order valence-electron chi connectivity index (χ4n) is 4.23. The lowest BCUT2D eigenvalue weighted by Crippen LogP contribution is -2.50. The molecule has 4 rings (SSSR count). The van der Waals surface area contributed by atoms with E-state index in [-0.39, 0.29) is 36.6 Å². The minimum absolute atomic E-state index is 0.156. The second-order valence-corrected chi connectivity index (χ2v) is 9.34. The van der Waals surface area contributed by atoms with Crippen molar-refractivity contribution in [2.75, 3.05) is 54.8 Å². The summed E-state index contributed by atoms with van der Waals surface area (Å²) >= 11 is 6.16. The fourth-order valence-corrected chi connectivity index (χ4v) is 4.45. The summed E-state index contributed by atoms with van der Waals surface area (Å²) in [6, 6.07) is 19.8. The van der Waals surface area contributed by atoms with Gasteiger partial charge in [-0.1, -0.05) is 41.9 Å². The van der Waals surface area contributed by atoms with Crippen LogP contribution in [0.1, 0.15) is 10.4 Å². The van der Waals surface area contributed by atoms with Crippen LogP contribution in [0.25, 0.3) is 0 Å². The maximum atomic E-state index is 13.8. The molecule has 1 aliphatic rings. The molecular formula is C29H29ClFN5O3. The van der Waals surface area contributed by atoms with Crippen LogP contribution in [-0.2, 0) is 4.79 Å². The van der Waals surface area contributed by atoms with E-state index in [0.29, 0.717) is 42.5 Å². The normalized spacial score (nSPS) is 13.0. The average Bonchev–Trinajstić information content (AvgIpc) is 2.94. The van der Waals surface area contributed by atoms with Gasteiger partial charge in [0.25, 0.3) is 5.91 Å². The largest absolute Gasteiger partial charge is 0.368 e. The third-order valence-electron chi connectivity index (χ3n) is 6.27. The summed E-state index contributed by atoms with van der Waals surface area (Å²) in [7, 11) is 0. The molecule has 0 spiro atoms. The highest BCUT2D eigenvalue weighted by Crippen LogP contribution is 2.21. The Morgan fingerprint density at radius 1 is 0.923 bits per heavy atom. The molecule has 0 radical (unpaired) electrons. The number of carbonyl (C=O) groups excluding carboxylic acids is 3. The molecule has 39 heavy (non-hydrogen) atoms. The number of urea groups is 1.